The van der Waals surface area contributed by atoms with E-state index < -0.39 is 0 Å². The lowest BCUT2D eigenvalue weighted by Gasteiger charge is -2.05. The number of hydrogen-bond acceptors (Lipinski definition) is 7. The van der Waals surface area contributed by atoms with Gasteiger partial charge in [-0.3, -0.25) is 15.1 Å². The summed E-state index contributed by atoms with van der Waals surface area (Å²) < 4.78 is 0. The second-order valence-corrected chi connectivity index (χ2v) is 8.65. The van der Waals surface area contributed by atoms with Gasteiger partial charge in [-0.05, 0) is 35.7 Å². The number of rotatable bonds is 6. The summed E-state index contributed by atoms with van der Waals surface area (Å²) in [6, 6.07) is 8.33. The highest BCUT2D eigenvalue weighted by molar-refractivity contribution is 7.13. The van der Waals surface area contributed by atoms with Crippen LogP contribution in [-0.2, 0) is 6.54 Å². The van der Waals surface area contributed by atoms with E-state index in [1.54, 1.807) is 17.5 Å². The standard InChI is InChI=1S/C24H20N8S/c1-2-25-8-14-6-15(10-26-9-14)16-7-17-22(31-32-23(17)28-11-16)24-29-19-13-27-12-18(21(19)30-24)20-4-3-5-33-20/h3-7,9-13,25H,2,8H2,1H3,(H,29,30)(H,28,31,32). The van der Waals surface area contributed by atoms with Crippen molar-refractivity contribution in [2.75, 3.05) is 6.54 Å². The molecule has 0 amide bonds. The molecule has 9 heteroatoms. The first-order chi connectivity index (χ1) is 16.3. The Morgan fingerprint density at radius 1 is 1.03 bits per heavy atom. The Morgan fingerprint density at radius 2 is 1.94 bits per heavy atom. The van der Waals surface area contributed by atoms with Crippen molar-refractivity contribution >= 4 is 33.4 Å². The summed E-state index contributed by atoms with van der Waals surface area (Å²) in [5.41, 5.74) is 7.34. The highest BCUT2D eigenvalue weighted by Gasteiger charge is 2.16. The first kappa shape index (κ1) is 19.7. The first-order valence-corrected chi connectivity index (χ1v) is 11.5. The molecule has 6 rings (SSSR count). The van der Waals surface area contributed by atoms with Crippen LogP contribution in [-0.4, -0.2) is 41.7 Å². The average molecular weight is 453 g/mol. The van der Waals surface area contributed by atoms with Crippen LogP contribution in [0.2, 0.25) is 0 Å². The zero-order valence-electron chi connectivity index (χ0n) is 17.8. The second kappa shape index (κ2) is 8.19. The molecule has 6 heterocycles. The third-order valence-electron chi connectivity index (χ3n) is 5.53. The summed E-state index contributed by atoms with van der Waals surface area (Å²) in [7, 11) is 0. The minimum atomic E-state index is 0.641. The van der Waals surface area contributed by atoms with Crippen molar-refractivity contribution in [3.63, 3.8) is 0 Å². The van der Waals surface area contributed by atoms with Gasteiger partial charge < -0.3 is 10.3 Å². The molecule has 33 heavy (non-hydrogen) atoms. The number of pyridine rings is 3. The Morgan fingerprint density at radius 3 is 2.82 bits per heavy atom. The largest absolute Gasteiger partial charge is 0.335 e. The molecule has 0 saturated heterocycles. The quantitative estimate of drug-likeness (QED) is 0.335. The summed E-state index contributed by atoms with van der Waals surface area (Å²) in [4.78, 5) is 22.8. The van der Waals surface area contributed by atoms with E-state index in [0.29, 0.717) is 11.5 Å². The van der Waals surface area contributed by atoms with Gasteiger partial charge in [0, 0.05) is 52.9 Å². The molecule has 0 fully saturated rings. The van der Waals surface area contributed by atoms with Crippen LogP contribution in [0, 0.1) is 0 Å². The maximum absolute atomic E-state index is 4.90. The molecule has 0 bridgehead atoms. The zero-order valence-corrected chi connectivity index (χ0v) is 18.6. The Balaban J connectivity index is 1.44. The van der Waals surface area contributed by atoms with Crippen molar-refractivity contribution in [2.24, 2.45) is 0 Å². The van der Waals surface area contributed by atoms with Gasteiger partial charge >= 0.3 is 0 Å². The van der Waals surface area contributed by atoms with Crippen molar-refractivity contribution in [3.8, 4) is 33.1 Å². The molecule has 0 unspecified atom stereocenters. The van der Waals surface area contributed by atoms with E-state index in [4.69, 9.17) is 4.98 Å². The number of H-pyrrole nitrogens is 2. The fraction of sp³-hybridized carbons (Fsp3) is 0.125. The van der Waals surface area contributed by atoms with Gasteiger partial charge in [0.05, 0.1) is 17.1 Å². The van der Waals surface area contributed by atoms with E-state index in [1.807, 2.05) is 30.9 Å². The number of nitrogens with zero attached hydrogens (tertiary/aromatic N) is 5. The minimum absolute atomic E-state index is 0.641. The van der Waals surface area contributed by atoms with Crippen LogP contribution >= 0.6 is 11.3 Å². The predicted molar refractivity (Wildman–Crippen MR) is 131 cm³/mol. The molecular formula is C24H20N8S. The molecule has 3 N–H and O–H groups in total. The molecule has 0 radical (unpaired) electrons. The third kappa shape index (κ3) is 3.57. The molecular weight excluding hydrogens is 432 g/mol. The van der Waals surface area contributed by atoms with E-state index in [1.165, 1.54) is 0 Å². The molecule has 0 atom stereocenters. The lowest BCUT2D eigenvalue weighted by molar-refractivity contribution is 0.724. The number of fused-ring (bicyclic) bond motifs is 2. The monoisotopic (exact) mass is 452 g/mol. The molecule has 0 aliphatic carbocycles. The van der Waals surface area contributed by atoms with Gasteiger partial charge in [0.2, 0.25) is 0 Å². The molecule has 0 aromatic carbocycles. The van der Waals surface area contributed by atoms with Gasteiger partial charge in [-0.2, -0.15) is 5.10 Å². The minimum Gasteiger partial charge on any atom is -0.335 e. The number of imidazole rings is 1. The Kier molecular flexibility index (Phi) is 4.89. The van der Waals surface area contributed by atoms with E-state index in [9.17, 15) is 0 Å². The number of aromatic amines is 2. The maximum atomic E-state index is 4.90. The summed E-state index contributed by atoms with van der Waals surface area (Å²) in [6.45, 7) is 3.79. The number of hydrogen-bond donors (Lipinski definition) is 3. The number of thiophene rings is 1. The lowest BCUT2D eigenvalue weighted by atomic mass is 10.1. The van der Waals surface area contributed by atoms with Gasteiger partial charge in [0.1, 0.15) is 11.2 Å². The van der Waals surface area contributed by atoms with Crippen LogP contribution < -0.4 is 5.32 Å². The molecule has 0 aliphatic rings. The molecule has 6 aromatic heterocycles. The van der Waals surface area contributed by atoms with Gasteiger partial charge in [0.15, 0.2) is 11.5 Å². The van der Waals surface area contributed by atoms with Crippen molar-refractivity contribution in [2.45, 2.75) is 13.5 Å². The highest BCUT2D eigenvalue weighted by Crippen LogP contribution is 2.33. The zero-order chi connectivity index (χ0) is 22.2. The van der Waals surface area contributed by atoms with Crippen LogP contribution in [0.15, 0.2) is 60.6 Å². The molecule has 162 valence electrons. The van der Waals surface area contributed by atoms with Crippen molar-refractivity contribution in [1.82, 2.24) is 40.4 Å². The summed E-state index contributed by atoms with van der Waals surface area (Å²) >= 11 is 1.67. The van der Waals surface area contributed by atoms with Crippen LogP contribution in [0.4, 0.5) is 0 Å². The Labute approximate surface area is 193 Å². The normalized spacial score (nSPS) is 11.5. The van der Waals surface area contributed by atoms with Crippen LogP contribution in [0.5, 0.6) is 0 Å². The van der Waals surface area contributed by atoms with E-state index in [0.717, 1.165) is 62.3 Å². The number of nitrogens with one attached hydrogen (secondary N) is 3. The SMILES string of the molecule is CCNCc1cncc(-c2cnc3n[nH]c(-c4nc5c(-c6cccs6)cncc5[nH]4)c3c2)c1. The summed E-state index contributed by atoms with van der Waals surface area (Å²) in [5.74, 6) is 0.705. The fourth-order valence-electron chi connectivity index (χ4n) is 3.91. The van der Waals surface area contributed by atoms with Crippen LogP contribution in [0.3, 0.4) is 0 Å². The molecule has 8 nitrogen and oxygen atoms in total. The van der Waals surface area contributed by atoms with Crippen LogP contribution in [0.1, 0.15) is 12.5 Å². The maximum Gasteiger partial charge on any atom is 0.181 e. The Bertz CT molecular complexity index is 1560. The van der Waals surface area contributed by atoms with Gasteiger partial charge in [0.25, 0.3) is 0 Å². The molecule has 6 aromatic rings. The topological polar surface area (TPSA) is 108 Å². The molecule has 0 spiro atoms. The average Bonchev–Trinajstić information content (AvgIpc) is 3.61. The first-order valence-electron chi connectivity index (χ1n) is 10.7. The van der Waals surface area contributed by atoms with Crippen LogP contribution in [0.25, 0.3) is 55.2 Å². The highest BCUT2D eigenvalue weighted by atomic mass is 32.1. The third-order valence-corrected chi connectivity index (χ3v) is 6.44. The van der Waals surface area contributed by atoms with Crippen molar-refractivity contribution in [1.29, 1.82) is 0 Å². The van der Waals surface area contributed by atoms with Gasteiger partial charge in [-0.25, -0.2) is 9.97 Å². The lowest BCUT2D eigenvalue weighted by Crippen LogP contribution is -2.11. The van der Waals surface area contributed by atoms with E-state index in [-0.39, 0.29) is 0 Å². The molecule has 0 saturated carbocycles. The van der Waals surface area contributed by atoms with Crippen molar-refractivity contribution < 1.29 is 0 Å². The smallest absolute Gasteiger partial charge is 0.181 e. The van der Waals surface area contributed by atoms with Gasteiger partial charge in [-0.15, -0.1) is 11.3 Å². The summed E-state index contributed by atoms with van der Waals surface area (Å²) in [6.07, 6.45) is 9.23. The van der Waals surface area contributed by atoms with Gasteiger partial charge in [-0.1, -0.05) is 13.0 Å². The van der Waals surface area contributed by atoms with Crippen molar-refractivity contribution in [3.05, 3.63) is 66.2 Å². The summed E-state index contributed by atoms with van der Waals surface area (Å²) in [5, 5.41) is 13.8. The second-order valence-electron chi connectivity index (χ2n) is 7.70. The Hall–Kier alpha value is -3.95. The van der Waals surface area contributed by atoms with E-state index in [2.05, 4.69) is 66.0 Å². The number of aromatic nitrogens is 7. The molecule has 0 aliphatic heterocycles. The fourth-order valence-corrected chi connectivity index (χ4v) is 4.65. The predicted octanol–water partition coefficient (Wildman–Crippen LogP) is 4.80. The van der Waals surface area contributed by atoms with E-state index >= 15 is 0 Å².